The summed E-state index contributed by atoms with van der Waals surface area (Å²) in [7, 11) is 0. The first-order chi connectivity index (χ1) is 13.1. The van der Waals surface area contributed by atoms with Gasteiger partial charge in [0.25, 0.3) is 0 Å². The lowest BCUT2D eigenvalue weighted by molar-refractivity contribution is -0.413. The van der Waals surface area contributed by atoms with Crippen molar-refractivity contribution in [2.75, 3.05) is 24.6 Å². The molecule has 0 saturated heterocycles. The van der Waals surface area contributed by atoms with Crippen LogP contribution in [0.1, 0.15) is 40.4 Å². The van der Waals surface area contributed by atoms with Crippen molar-refractivity contribution in [3.05, 3.63) is 64.7 Å². The minimum Gasteiger partial charge on any atom is -0.462 e. The van der Waals surface area contributed by atoms with Crippen LogP contribution in [0.25, 0.3) is 0 Å². The van der Waals surface area contributed by atoms with E-state index in [9.17, 15) is 10.1 Å². The smallest absolute Gasteiger partial charge is 0.338 e. The van der Waals surface area contributed by atoms with Gasteiger partial charge < -0.3 is 15.4 Å². The van der Waals surface area contributed by atoms with Gasteiger partial charge in [0, 0.05) is 19.5 Å². The highest BCUT2D eigenvalue weighted by molar-refractivity contribution is 5.89. The average molecular weight is 364 g/mol. The molecule has 0 radical (unpaired) electrons. The quantitative estimate of drug-likeness (QED) is 0.604. The van der Waals surface area contributed by atoms with Crippen LogP contribution in [0.5, 0.6) is 0 Å². The van der Waals surface area contributed by atoms with Gasteiger partial charge in [0.05, 0.1) is 29.5 Å². The highest BCUT2D eigenvalue weighted by Crippen LogP contribution is 2.33. The molecule has 1 aliphatic rings. The fourth-order valence-corrected chi connectivity index (χ4v) is 3.60. The standard InChI is InChI=1S/C22H25N3O2/c1-16(24)12-17-13-19-8-10-25(21(19)20(14-17)15-23)9-5-11-27-22(26)18-6-3-2-4-7-18/h2-4,6-7,13-14,16H,5,8-12,24H2,1H3/p+1. The second-order valence-corrected chi connectivity index (χ2v) is 7.16. The summed E-state index contributed by atoms with van der Waals surface area (Å²) in [5, 5.41) is 9.59. The van der Waals surface area contributed by atoms with Gasteiger partial charge in [0.1, 0.15) is 6.07 Å². The molecule has 0 saturated carbocycles. The van der Waals surface area contributed by atoms with Crippen LogP contribution < -0.4 is 10.6 Å². The molecule has 5 nitrogen and oxygen atoms in total. The SMILES string of the molecule is CC([NH3+])Cc1cc(C#N)c2c(c1)CCN2CCCOC(=O)c1ccccc1. The van der Waals surface area contributed by atoms with Crippen LogP contribution in [0.15, 0.2) is 42.5 Å². The van der Waals surface area contributed by atoms with Gasteiger partial charge in [-0.1, -0.05) is 24.3 Å². The van der Waals surface area contributed by atoms with Crippen LogP contribution in [-0.2, 0) is 17.6 Å². The van der Waals surface area contributed by atoms with Gasteiger partial charge >= 0.3 is 5.97 Å². The van der Waals surface area contributed by atoms with Crippen molar-refractivity contribution < 1.29 is 15.3 Å². The molecular formula is C22H26N3O2+. The maximum Gasteiger partial charge on any atom is 0.338 e. The Bertz CT molecular complexity index is 841. The third-order valence-corrected chi connectivity index (χ3v) is 4.74. The van der Waals surface area contributed by atoms with E-state index in [-0.39, 0.29) is 5.97 Å². The third-order valence-electron chi connectivity index (χ3n) is 4.74. The van der Waals surface area contributed by atoms with Crippen LogP contribution in [0.2, 0.25) is 0 Å². The molecule has 0 aromatic heterocycles. The summed E-state index contributed by atoms with van der Waals surface area (Å²) in [5.74, 6) is -0.290. The third kappa shape index (κ3) is 4.66. The summed E-state index contributed by atoms with van der Waals surface area (Å²) in [6.07, 6.45) is 2.57. The number of hydrogen-bond donors (Lipinski definition) is 1. The monoisotopic (exact) mass is 364 g/mol. The summed E-state index contributed by atoms with van der Waals surface area (Å²) in [4.78, 5) is 14.2. The predicted molar refractivity (Wildman–Crippen MR) is 104 cm³/mol. The number of hydrogen-bond acceptors (Lipinski definition) is 4. The summed E-state index contributed by atoms with van der Waals surface area (Å²) in [6, 6.07) is 15.9. The van der Waals surface area contributed by atoms with Crippen LogP contribution in [0.4, 0.5) is 5.69 Å². The Morgan fingerprint density at radius 3 is 2.81 bits per heavy atom. The van der Waals surface area contributed by atoms with E-state index in [4.69, 9.17) is 4.74 Å². The van der Waals surface area contributed by atoms with E-state index in [0.717, 1.165) is 43.6 Å². The van der Waals surface area contributed by atoms with E-state index in [0.29, 0.717) is 18.2 Å². The highest BCUT2D eigenvalue weighted by Gasteiger charge is 2.23. The molecule has 1 aliphatic heterocycles. The van der Waals surface area contributed by atoms with Crippen molar-refractivity contribution >= 4 is 11.7 Å². The second kappa shape index (κ2) is 8.70. The number of esters is 1. The first-order valence-corrected chi connectivity index (χ1v) is 9.44. The minimum atomic E-state index is -0.290. The zero-order valence-corrected chi connectivity index (χ0v) is 15.8. The minimum absolute atomic E-state index is 0.290. The molecule has 2 aromatic carbocycles. The van der Waals surface area contributed by atoms with Gasteiger partial charge in [-0.3, -0.25) is 0 Å². The first kappa shape index (κ1) is 18.9. The van der Waals surface area contributed by atoms with Crippen molar-refractivity contribution in [1.82, 2.24) is 0 Å². The number of nitriles is 1. The summed E-state index contributed by atoms with van der Waals surface area (Å²) < 4.78 is 5.36. The molecule has 1 atom stereocenters. The maximum absolute atomic E-state index is 12.0. The topological polar surface area (TPSA) is 81.0 Å². The largest absolute Gasteiger partial charge is 0.462 e. The molecule has 0 amide bonds. The predicted octanol–water partition coefficient (Wildman–Crippen LogP) is 2.34. The summed E-state index contributed by atoms with van der Waals surface area (Å²) in [5.41, 5.74) is 8.84. The van der Waals surface area contributed by atoms with Crippen molar-refractivity contribution in [3.63, 3.8) is 0 Å². The van der Waals surface area contributed by atoms with Gasteiger partial charge in [-0.2, -0.15) is 5.26 Å². The van der Waals surface area contributed by atoms with Crippen molar-refractivity contribution in [3.8, 4) is 6.07 Å². The maximum atomic E-state index is 12.0. The number of quaternary nitrogens is 1. The molecule has 0 aliphatic carbocycles. The molecule has 5 heteroatoms. The summed E-state index contributed by atoms with van der Waals surface area (Å²) in [6.45, 7) is 4.13. The van der Waals surface area contributed by atoms with E-state index in [2.05, 4.69) is 29.7 Å². The van der Waals surface area contributed by atoms with Crippen LogP contribution in [0.3, 0.4) is 0 Å². The van der Waals surface area contributed by atoms with Crippen molar-refractivity contribution in [1.29, 1.82) is 5.26 Å². The van der Waals surface area contributed by atoms with E-state index in [1.165, 1.54) is 11.1 Å². The number of nitrogens with zero attached hydrogens (tertiary/aromatic N) is 2. The van der Waals surface area contributed by atoms with Crippen LogP contribution in [-0.4, -0.2) is 31.7 Å². The normalized spacial score (nSPS) is 13.7. The molecule has 1 unspecified atom stereocenters. The van der Waals surface area contributed by atoms with Gasteiger partial charge in [0.15, 0.2) is 0 Å². The molecule has 0 fully saturated rings. The van der Waals surface area contributed by atoms with Crippen molar-refractivity contribution in [2.24, 2.45) is 0 Å². The van der Waals surface area contributed by atoms with Crippen LogP contribution in [0, 0.1) is 11.3 Å². The zero-order valence-electron chi connectivity index (χ0n) is 15.8. The first-order valence-electron chi connectivity index (χ1n) is 9.44. The Labute approximate surface area is 160 Å². The lowest BCUT2D eigenvalue weighted by Crippen LogP contribution is -2.60. The molecule has 2 aromatic rings. The number of rotatable bonds is 7. The zero-order chi connectivity index (χ0) is 19.2. The van der Waals surface area contributed by atoms with E-state index in [1.807, 2.05) is 24.3 Å². The molecule has 0 spiro atoms. The van der Waals surface area contributed by atoms with Gasteiger partial charge in [-0.25, -0.2) is 4.79 Å². The molecule has 27 heavy (non-hydrogen) atoms. The summed E-state index contributed by atoms with van der Waals surface area (Å²) >= 11 is 0. The second-order valence-electron chi connectivity index (χ2n) is 7.16. The number of carbonyl (C=O) groups is 1. The number of fused-ring (bicyclic) bond motifs is 1. The highest BCUT2D eigenvalue weighted by atomic mass is 16.5. The number of ether oxygens (including phenoxy) is 1. The fourth-order valence-electron chi connectivity index (χ4n) is 3.60. The molecular weight excluding hydrogens is 338 g/mol. The number of anilines is 1. The molecule has 1 heterocycles. The Hall–Kier alpha value is -2.84. The number of benzene rings is 2. The lowest BCUT2D eigenvalue weighted by Gasteiger charge is -2.21. The molecule has 140 valence electrons. The molecule has 0 bridgehead atoms. The van der Waals surface area contributed by atoms with Gasteiger partial charge in [-0.05, 0) is 49.1 Å². The van der Waals surface area contributed by atoms with Crippen LogP contribution >= 0.6 is 0 Å². The van der Waals surface area contributed by atoms with Gasteiger partial charge in [-0.15, -0.1) is 0 Å². The van der Waals surface area contributed by atoms with E-state index < -0.39 is 0 Å². The molecule has 3 N–H and O–H groups in total. The Kier molecular flexibility index (Phi) is 6.10. The fraction of sp³-hybridized carbons (Fsp3) is 0.364. The lowest BCUT2D eigenvalue weighted by atomic mass is 9.99. The van der Waals surface area contributed by atoms with Crippen molar-refractivity contribution in [2.45, 2.75) is 32.2 Å². The Morgan fingerprint density at radius 2 is 2.11 bits per heavy atom. The number of carbonyl (C=O) groups excluding carboxylic acids is 1. The van der Waals surface area contributed by atoms with E-state index in [1.54, 1.807) is 12.1 Å². The average Bonchev–Trinajstić information content (AvgIpc) is 3.07. The molecule has 3 rings (SSSR count). The Morgan fingerprint density at radius 1 is 1.33 bits per heavy atom. The Balaban J connectivity index is 1.58. The van der Waals surface area contributed by atoms with E-state index >= 15 is 0 Å². The van der Waals surface area contributed by atoms with Gasteiger partial charge in [0.2, 0.25) is 0 Å².